The number of unbranched alkanes of at least 4 members (excludes halogenated alkanes) is 14. The fourth-order valence-electron chi connectivity index (χ4n) is 4.90. The van der Waals surface area contributed by atoms with Gasteiger partial charge in [0, 0.05) is 12.6 Å². The lowest BCUT2D eigenvalue weighted by molar-refractivity contribution is -0.154. The molecule has 0 unspecified atom stereocenters. The quantitative estimate of drug-likeness (QED) is 0.100. The Morgan fingerprint density at radius 2 is 1.23 bits per heavy atom. The second kappa shape index (κ2) is 19.4. The molecule has 0 saturated heterocycles. The van der Waals surface area contributed by atoms with Gasteiger partial charge in [0.25, 0.3) is 10.0 Å². The third-order valence-corrected chi connectivity index (χ3v) is 8.62. The molecule has 9 heteroatoms. The van der Waals surface area contributed by atoms with Gasteiger partial charge < -0.3 is 9.84 Å². The highest BCUT2D eigenvalue weighted by atomic mass is 32.2. The van der Waals surface area contributed by atoms with E-state index in [-0.39, 0.29) is 27.8 Å². The van der Waals surface area contributed by atoms with Crippen LogP contribution in [-0.4, -0.2) is 36.0 Å². The van der Waals surface area contributed by atoms with E-state index in [1.165, 1.54) is 89.2 Å². The zero-order valence-corrected chi connectivity index (χ0v) is 27.2. The average molecular weight is 617 g/mol. The van der Waals surface area contributed by atoms with Gasteiger partial charge >= 0.3 is 11.9 Å². The van der Waals surface area contributed by atoms with Crippen molar-refractivity contribution in [2.24, 2.45) is 0 Å². The molecule has 2 aromatic rings. The normalized spacial score (nSPS) is 11.8. The van der Waals surface area contributed by atoms with Gasteiger partial charge in [0.15, 0.2) is 0 Å². The number of nitrogens with one attached hydrogen (secondary N) is 1. The molecule has 0 aliphatic rings. The van der Waals surface area contributed by atoms with Crippen LogP contribution in [0, 0.1) is 0 Å². The van der Waals surface area contributed by atoms with E-state index in [0.29, 0.717) is 6.42 Å². The monoisotopic (exact) mass is 616 g/mol. The van der Waals surface area contributed by atoms with Crippen LogP contribution in [0.4, 0.5) is 5.82 Å². The Labute approximate surface area is 259 Å². The number of carboxylic acids is 1. The van der Waals surface area contributed by atoms with Gasteiger partial charge in [0.05, 0.1) is 10.5 Å². The number of benzene rings is 1. The minimum atomic E-state index is -3.79. The van der Waals surface area contributed by atoms with E-state index in [2.05, 4.69) is 9.71 Å². The van der Waals surface area contributed by atoms with Gasteiger partial charge in [-0.2, -0.15) is 0 Å². The van der Waals surface area contributed by atoms with Crippen LogP contribution in [0.3, 0.4) is 0 Å². The number of esters is 1. The Kier molecular flexibility index (Phi) is 16.3. The van der Waals surface area contributed by atoms with E-state index in [4.69, 9.17) is 9.84 Å². The lowest BCUT2D eigenvalue weighted by atomic mass is 10.0. The fourth-order valence-corrected chi connectivity index (χ4v) is 5.91. The number of hydrogen-bond acceptors (Lipinski definition) is 6. The number of rotatable bonds is 22. The van der Waals surface area contributed by atoms with Crippen molar-refractivity contribution in [2.45, 2.75) is 140 Å². The number of ether oxygens (including phenoxy) is 1. The van der Waals surface area contributed by atoms with Gasteiger partial charge in [-0.15, -0.1) is 0 Å². The Hall–Kier alpha value is -2.94. The number of carbonyl (C=O) groups excluding carboxylic acids is 1. The number of aromatic nitrogens is 1. The zero-order chi connectivity index (χ0) is 31.6. The van der Waals surface area contributed by atoms with E-state index in [1.54, 1.807) is 12.1 Å². The summed E-state index contributed by atoms with van der Waals surface area (Å²) in [6.07, 6.45) is 21.1. The SMILES string of the molecule is CC(C)(C)OC(=O)CCCCCCCCCCCCCCCCCc1ccc(S(=O)(=O)Nc2ccc(C(=O)O)cn2)cc1. The van der Waals surface area contributed by atoms with E-state index < -0.39 is 16.0 Å². The third-order valence-electron chi connectivity index (χ3n) is 7.25. The summed E-state index contributed by atoms with van der Waals surface area (Å²) in [6.45, 7) is 5.73. The topological polar surface area (TPSA) is 123 Å². The molecule has 240 valence electrons. The first kappa shape index (κ1) is 36.3. The number of hydrogen-bond donors (Lipinski definition) is 2. The summed E-state index contributed by atoms with van der Waals surface area (Å²) in [4.78, 5) is 26.6. The molecule has 0 atom stereocenters. The summed E-state index contributed by atoms with van der Waals surface area (Å²) in [5.74, 6) is -1.12. The molecule has 0 saturated carbocycles. The Morgan fingerprint density at radius 3 is 1.67 bits per heavy atom. The molecule has 0 aliphatic carbocycles. The molecule has 8 nitrogen and oxygen atoms in total. The number of anilines is 1. The van der Waals surface area contributed by atoms with Gasteiger partial charge in [0.1, 0.15) is 11.4 Å². The number of carboxylic acid groups (broad SMARTS) is 1. The molecule has 0 aliphatic heterocycles. The van der Waals surface area contributed by atoms with E-state index in [9.17, 15) is 18.0 Å². The summed E-state index contributed by atoms with van der Waals surface area (Å²) in [5, 5.41) is 8.94. The first-order chi connectivity index (χ1) is 20.5. The molecule has 1 aromatic heterocycles. The largest absolute Gasteiger partial charge is 0.478 e. The number of aryl methyl sites for hydroxylation is 1. The molecular weight excluding hydrogens is 564 g/mol. The van der Waals surface area contributed by atoms with Crippen molar-refractivity contribution in [3.8, 4) is 0 Å². The first-order valence-electron chi connectivity index (χ1n) is 16.0. The summed E-state index contributed by atoms with van der Waals surface area (Å²) in [7, 11) is -3.79. The van der Waals surface area contributed by atoms with Gasteiger partial charge in [-0.1, -0.05) is 95.6 Å². The standard InChI is InChI=1S/C34H52N2O6S/c1-34(2,3)42-32(37)20-18-16-14-12-10-8-6-4-5-7-9-11-13-15-17-19-28-21-24-30(25-22-28)43(40,41)36-31-26-23-29(27-35-31)33(38)39/h21-27H,4-20H2,1-3H3,(H,35,36)(H,38,39). The molecule has 0 amide bonds. The molecule has 0 bridgehead atoms. The second-order valence-corrected chi connectivity index (χ2v) is 14.1. The maximum atomic E-state index is 12.6. The lowest BCUT2D eigenvalue weighted by Gasteiger charge is -2.19. The minimum absolute atomic E-state index is 0.00739. The van der Waals surface area contributed by atoms with Crippen LogP contribution in [0.1, 0.15) is 139 Å². The maximum absolute atomic E-state index is 12.6. The van der Waals surface area contributed by atoms with Gasteiger partial charge in [0.2, 0.25) is 0 Å². The van der Waals surface area contributed by atoms with Crippen molar-refractivity contribution in [3.05, 3.63) is 53.7 Å². The van der Waals surface area contributed by atoms with Gasteiger partial charge in [-0.3, -0.25) is 9.52 Å². The molecule has 0 radical (unpaired) electrons. The Bertz CT molecular complexity index is 1190. The predicted octanol–water partition coefficient (Wildman–Crippen LogP) is 8.71. The van der Waals surface area contributed by atoms with Gasteiger partial charge in [-0.25, -0.2) is 18.2 Å². The van der Waals surface area contributed by atoms with Crippen molar-refractivity contribution in [2.75, 3.05) is 4.72 Å². The van der Waals surface area contributed by atoms with Crippen LogP contribution >= 0.6 is 0 Å². The Balaban J connectivity index is 1.43. The van der Waals surface area contributed by atoms with Crippen LogP contribution in [0.25, 0.3) is 0 Å². The highest BCUT2D eigenvalue weighted by Gasteiger charge is 2.16. The number of sulfonamides is 1. The lowest BCUT2D eigenvalue weighted by Crippen LogP contribution is -2.23. The maximum Gasteiger partial charge on any atom is 0.337 e. The molecule has 0 fully saturated rings. The van der Waals surface area contributed by atoms with Crippen LogP contribution in [0.2, 0.25) is 0 Å². The molecule has 43 heavy (non-hydrogen) atoms. The summed E-state index contributed by atoms with van der Waals surface area (Å²) >= 11 is 0. The number of carbonyl (C=O) groups is 2. The molecule has 2 rings (SSSR count). The average Bonchev–Trinajstić information content (AvgIpc) is 2.94. The van der Waals surface area contributed by atoms with E-state index >= 15 is 0 Å². The van der Waals surface area contributed by atoms with Crippen molar-refractivity contribution in [1.82, 2.24) is 4.98 Å². The van der Waals surface area contributed by atoms with E-state index in [1.807, 2.05) is 32.9 Å². The molecule has 0 spiro atoms. The van der Waals surface area contributed by atoms with Crippen molar-refractivity contribution in [3.63, 3.8) is 0 Å². The Morgan fingerprint density at radius 1 is 0.744 bits per heavy atom. The van der Waals surface area contributed by atoms with Crippen LogP contribution in [0.5, 0.6) is 0 Å². The smallest absolute Gasteiger partial charge is 0.337 e. The fraction of sp³-hybridized carbons (Fsp3) is 0.618. The van der Waals surface area contributed by atoms with Crippen LogP contribution in [0.15, 0.2) is 47.5 Å². The number of pyridine rings is 1. The molecule has 1 heterocycles. The van der Waals surface area contributed by atoms with Crippen molar-refractivity contribution < 1.29 is 27.9 Å². The van der Waals surface area contributed by atoms with Crippen LogP contribution in [-0.2, 0) is 26.0 Å². The summed E-state index contributed by atoms with van der Waals surface area (Å²) < 4.78 is 33.0. The highest BCUT2D eigenvalue weighted by Crippen LogP contribution is 2.18. The summed E-state index contributed by atoms with van der Waals surface area (Å²) in [6, 6.07) is 9.53. The molecular formula is C34H52N2O6S. The number of aromatic carboxylic acids is 1. The predicted molar refractivity (Wildman–Crippen MR) is 172 cm³/mol. The highest BCUT2D eigenvalue weighted by molar-refractivity contribution is 7.92. The zero-order valence-electron chi connectivity index (χ0n) is 26.4. The number of nitrogens with zero attached hydrogens (tertiary/aromatic N) is 1. The van der Waals surface area contributed by atoms with Crippen LogP contribution < -0.4 is 4.72 Å². The second-order valence-electron chi connectivity index (χ2n) is 12.4. The summed E-state index contributed by atoms with van der Waals surface area (Å²) in [5.41, 5.74) is 0.725. The van der Waals surface area contributed by atoms with Gasteiger partial charge in [-0.05, 0) is 69.9 Å². The van der Waals surface area contributed by atoms with E-state index in [0.717, 1.165) is 37.4 Å². The first-order valence-corrected chi connectivity index (χ1v) is 17.5. The van der Waals surface area contributed by atoms with Crippen molar-refractivity contribution in [1.29, 1.82) is 0 Å². The minimum Gasteiger partial charge on any atom is -0.478 e. The molecule has 2 N–H and O–H groups in total. The third kappa shape index (κ3) is 16.5. The van der Waals surface area contributed by atoms with Crippen molar-refractivity contribution >= 4 is 27.8 Å². The molecule has 1 aromatic carbocycles.